The lowest BCUT2D eigenvalue weighted by molar-refractivity contribution is -0.274. The van der Waals surface area contributed by atoms with Crippen molar-refractivity contribution >= 4 is 45.9 Å². The molecule has 1 amide bonds. The van der Waals surface area contributed by atoms with E-state index in [-0.39, 0.29) is 23.5 Å². The fourth-order valence-electron chi connectivity index (χ4n) is 5.06. The Hall–Kier alpha value is -4.23. The number of thiocarbonyl (C=S) groups is 1. The van der Waals surface area contributed by atoms with Crippen molar-refractivity contribution < 1.29 is 22.7 Å². The van der Waals surface area contributed by atoms with E-state index in [2.05, 4.69) is 58.9 Å². The van der Waals surface area contributed by atoms with Gasteiger partial charge in [0.1, 0.15) is 12.1 Å². The zero-order valence-corrected chi connectivity index (χ0v) is 26.6. The molecule has 3 aromatic carbocycles. The number of nitrogens with one attached hydrogen (secondary N) is 1. The molecule has 1 atom stereocenters. The quantitative estimate of drug-likeness (QED) is 0.199. The van der Waals surface area contributed by atoms with Gasteiger partial charge in [-0.3, -0.25) is 9.69 Å². The number of rotatable bonds is 8. The van der Waals surface area contributed by atoms with Crippen LogP contribution in [0.1, 0.15) is 49.3 Å². The number of carbonyl (C=O) groups excluding carboxylic acids is 1. The Morgan fingerprint density at radius 2 is 1.80 bits per heavy atom. The Morgan fingerprint density at radius 1 is 1.09 bits per heavy atom. The number of hydrogen-bond acceptors (Lipinski definition) is 6. The van der Waals surface area contributed by atoms with Gasteiger partial charge in [0.05, 0.1) is 17.1 Å². The number of aliphatic imine (C=N–C) groups is 1. The third-order valence-electron chi connectivity index (χ3n) is 7.21. The van der Waals surface area contributed by atoms with Crippen LogP contribution in [-0.2, 0) is 4.79 Å². The maximum Gasteiger partial charge on any atom is 0.573 e. The molecule has 8 nitrogen and oxygen atoms in total. The summed E-state index contributed by atoms with van der Waals surface area (Å²) >= 11 is 6.92. The third kappa shape index (κ3) is 7.71. The molecule has 0 radical (unpaired) electrons. The SMILES string of the molecule is Cc1cccc(N2C(=O)CSC2=NC(=S)NCC(C)c2ccc(-c3ncn(-c4ccc(OC(F)(F)F)cc4)n3)cc2)c1C(C)C. The summed E-state index contributed by atoms with van der Waals surface area (Å²) in [4.78, 5) is 23.5. The first-order valence-electron chi connectivity index (χ1n) is 14.2. The molecule has 1 aliphatic heterocycles. The summed E-state index contributed by atoms with van der Waals surface area (Å²) in [5.74, 6) is 0.797. The smallest absolute Gasteiger partial charge is 0.406 e. The molecule has 1 aromatic heterocycles. The van der Waals surface area contributed by atoms with Gasteiger partial charge in [-0.05, 0) is 78.0 Å². The van der Waals surface area contributed by atoms with Gasteiger partial charge in [-0.2, -0.15) is 4.99 Å². The Bertz CT molecular complexity index is 1720. The average Bonchev–Trinajstić information content (AvgIpc) is 3.62. The van der Waals surface area contributed by atoms with Crippen LogP contribution < -0.4 is 15.0 Å². The van der Waals surface area contributed by atoms with Crippen molar-refractivity contribution in [2.45, 2.75) is 45.9 Å². The van der Waals surface area contributed by atoms with Gasteiger partial charge in [0, 0.05) is 12.1 Å². The van der Waals surface area contributed by atoms with Gasteiger partial charge < -0.3 is 10.1 Å². The van der Waals surface area contributed by atoms with Crippen LogP contribution in [0.15, 0.2) is 78.0 Å². The lowest BCUT2D eigenvalue weighted by Gasteiger charge is -2.23. The zero-order valence-electron chi connectivity index (χ0n) is 25.0. The molecule has 0 bridgehead atoms. The highest BCUT2D eigenvalue weighted by Crippen LogP contribution is 2.35. The predicted octanol–water partition coefficient (Wildman–Crippen LogP) is 7.38. The normalized spacial score (nSPS) is 15.2. The number of alkyl halides is 3. The molecule has 0 saturated carbocycles. The number of ether oxygens (including phenoxy) is 1. The zero-order chi connectivity index (χ0) is 32.3. The van der Waals surface area contributed by atoms with Crippen molar-refractivity contribution in [1.29, 1.82) is 0 Å². The Labute approximate surface area is 268 Å². The van der Waals surface area contributed by atoms with Crippen molar-refractivity contribution in [1.82, 2.24) is 20.1 Å². The second kappa shape index (κ2) is 13.4. The molecule has 5 rings (SSSR count). The summed E-state index contributed by atoms with van der Waals surface area (Å²) in [6.07, 6.45) is -3.25. The summed E-state index contributed by atoms with van der Waals surface area (Å²) in [5, 5.41) is 8.56. The number of aryl methyl sites for hydroxylation is 1. The van der Waals surface area contributed by atoms with Gasteiger partial charge in [-0.15, -0.1) is 18.3 Å². The highest BCUT2D eigenvalue weighted by atomic mass is 32.2. The van der Waals surface area contributed by atoms with Crippen molar-refractivity contribution in [2.75, 3.05) is 17.2 Å². The van der Waals surface area contributed by atoms with Crippen molar-refractivity contribution in [3.05, 3.63) is 89.7 Å². The van der Waals surface area contributed by atoms with Gasteiger partial charge >= 0.3 is 6.36 Å². The number of thioether (sulfide) groups is 1. The lowest BCUT2D eigenvalue weighted by atomic mass is 9.95. The van der Waals surface area contributed by atoms with Crippen LogP contribution in [0.5, 0.6) is 5.75 Å². The van der Waals surface area contributed by atoms with E-state index in [0.29, 0.717) is 34.1 Å². The number of anilines is 1. The number of amides is 1. The van der Waals surface area contributed by atoms with Crippen LogP contribution in [0, 0.1) is 6.92 Å². The standard InChI is InChI=1S/C32H31F3N6O2S2/c1-19(2)28-20(3)6-5-7-26(28)41-27(42)17-45-31(41)38-30(44)36-16-21(4)22-8-10-23(11-9-22)29-37-18-40(39-29)24-12-14-25(15-13-24)43-32(33,34)35/h5-15,18-19,21H,16-17H2,1-4H3,(H,36,44). The molecular weight excluding hydrogens is 622 g/mol. The highest BCUT2D eigenvalue weighted by molar-refractivity contribution is 8.15. The predicted molar refractivity (Wildman–Crippen MR) is 175 cm³/mol. The van der Waals surface area contributed by atoms with Crippen LogP contribution in [0.2, 0.25) is 0 Å². The van der Waals surface area contributed by atoms with Crippen LogP contribution in [-0.4, -0.2) is 49.6 Å². The van der Waals surface area contributed by atoms with Gasteiger partial charge in [0.25, 0.3) is 0 Å². The number of nitrogens with zero attached hydrogens (tertiary/aromatic N) is 5. The van der Waals surface area contributed by atoms with Gasteiger partial charge in [-0.25, -0.2) is 9.67 Å². The Balaban J connectivity index is 1.20. The fraction of sp³-hybridized carbons (Fsp3) is 0.281. The summed E-state index contributed by atoms with van der Waals surface area (Å²) in [7, 11) is 0. The van der Waals surface area contributed by atoms with E-state index in [1.807, 2.05) is 36.4 Å². The van der Waals surface area contributed by atoms with Crippen molar-refractivity contribution in [3.63, 3.8) is 0 Å². The van der Waals surface area contributed by atoms with Gasteiger partial charge in [0.2, 0.25) is 5.91 Å². The molecule has 2 heterocycles. The number of hydrogen-bond donors (Lipinski definition) is 1. The maximum absolute atomic E-state index is 12.9. The Kier molecular flexibility index (Phi) is 9.59. The monoisotopic (exact) mass is 652 g/mol. The minimum Gasteiger partial charge on any atom is -0.406 e. The van der Waals surface area contributed by atoms with Crippen LogP contribution in [0.4, 0.5) is 18.9 Å². The molecule has 1 fully saturated rings. The minimum absolute atomic E-state index is 0.0183. The van der Waals surface area contributed by atoms with E-state index < -0.39 is 6.36 Å². The van der Waals surface area contributed by atoms with E-state index in [4.69, 9.17) is 12.2 Å². The van der Waals surface area contributed by atoms with Crippen LogP contribution in [0.3, 0.4) is 0 Å². The number of halogens is 3. The molecular formula is C32H31F3N6O2S2. The molecule has 1 aliphatic rings. The molecule has 4 aromatic rings. The molecule has 234 valence electrons. The number of carbonyl (C=O) groups is 1. The summed E-state index contributed by atoms with van der Waals surface area (Å²) in [5.41, 5.74) is 5.49. The second-order valence-electron chi connectivity index (χ2n) is 10.8. The highest BCUT2D eigenvalue weighted by Gasteiger charge is 2.33. The molecule has 0 aliphatic carbocycles. The number of amidine groups is 1. The molecule has 1 N–H and O–H groups in total. The first kappa shape index (κ1) is 32.2. The number of aromatic nitrogens is 3. The van der Waals surface area contributed by atoms with E-state index in [1.54, 1.807) is 4.90 Å². The molecule has 1 saturated heterocycles. The van der Waals surface area contributed by atoms with E-state index in [1.165, 1.54) is 47.0 Å². The van der Waals surface area contributed by atoms with Crippen molar-refractivity contribution in [2.24, 2.45) is 4.99 Å². The second-order valence-corrected chi connectivity index (χ2v) is 12.2. The molecule has 0 spiro atoms. The first-order chi connectivity index (χ1) is 21.4. The lowest BCUT2D eigenvalue weighted by Crippen LogP contribution is -2.33. The minimum atomic E-state index is -4.75. The molecule has 45 heavy (non-hydrogen) atoms. The van der Waals surface area contributed by atoms with E-state index >= 15 is 0 Å². The van der Waals surface area contributed by atoms with Crippen LogP contribution >= 0.6 is 24.0 Å². The third-order valence-corrected chi connectivity index (χ3v) is 8.37. The largest absolute Gasteiger partial charge is 0.573 e. The molecule has 1 unspecified atom stereocenters. The fourth-order valence-corrected chi connectivity index (χ4v) is 6.15. The van der Waals surface area contributed by atoms with E-state index in [0.717, 1.165) is 27.9 Å². The summed E-state index contributed by atoms with van der Waals surface area (Å²) < 4.78 is 42.7. The van der Waals surface area contributed by atoms with E-state index in [9.17, 15) is 18.0 Å². The van der Waals surface area contributed by atoms with Gasteiger partial charge in [0.15, 0.2) is 16.1 Å². The van der Waals surface area contributed by atoms with Crippen molar-refractivity contribution in [3.8, 4) is 22.8 Å². The number of benzene rings is 3. The van der Waals surface area contributed by atoms with Crippen LogP contribution in [0.25, 0.3) is 17.1 Å². The topological polar surface area (TPSA) is 84.6 Å². The summed E-state index contributed by atoms with van der Waals surface area (Å²) in [6.45, 7) is 8.88. The summed E-state index contributed by atoms with van der Waals surface area (Å²) in [6, 6.07) is 19.1. The maximum atomic E-state index is 12.9. The Morgan fingerprint density at radius 3 is 2.47 bits per heavy atom. The molecule has 13 heteroatoms. The first-order valence-corrected chi connectivity index (χ1v) is 15.6. The average molecular weight is 653 g/mol. The van der Waals surface area contributed by atoms with Gasteiger partial charge in [-0.1, -0.05) is 68.9 Å².